The fourth-order valence-electron chi connectivity index (χ4n) is 2.30. The Morgan fingerprint density at radius 2 is 1.63 bits per heavy atom. The first-order valence-corrected chi connectivity index (χ1v) is 10.0. The normalized spacial score (nSPS) is 11.4. The van der Waals surface area contributed by atoms with E-state index in [9.17, 15) is 14.4 Å². The maximum atomic E-state index is 12.2. The number of carbonyl (C=O) groups excluding carboxylic acids is 3. The van der Waals surface area contributed by atoms with Crippen molar-refractivity contribution in [3.05, 3.63) is 57.0 Å². The van der Waals surface area contributed by atoms with Crippen molar-refractivity contribution in [3.8, 4) is 5.75 Å². The van der Waals surface area contributed by atoms with Crippen LogP contribution in [0.25, 0.3) is 0 Å². The SMILES string of the molecule is CCOc1ccc(C(=O)NCC(=O)OC(C)C(=O)Nc2c(Cl)cc(Cl)cc2Cl)cc1. The molecule has 0 heterocycles. The summed E-state index contributed by atoms with van der Waals surface area (Å²) in [7, 11) is 0. The van der Waals surface area contributed by atoms with Gasteiger partial charge in [0.05, 0.1) is 22.3 Å². The zero-order valence-electron chi connectivity index (χ0n) is 16.1. The Morgan fingerprint density at radius 1 is 1.03 bits per heavy atom. The average molecular weight is 474 g/mol. The van der Waals surface area contributed by atoms with Crippen molar-refractivity contribution in [2.24, 2.45) is 0 Å². The zero-order chi connectivity index (χ0) is 22.3. The molecule has 160 valence electrons. The molecule has 2 amide bonds. The molecule has 0 saturated carbocycles. The minimum atomic E-state index is -1.15. The van der Waals surface area contributed by atoms with Crippen LogP contribution in [0.4, 0.5) is 5.69 Å². The van der Waals surface area contributed by atoms with Gasteiger partial charge in [-0.05, 0) is 50.2 Å². The first-order valence-electron chi connectivity index (χ1n) is 8.87. The second-order valence-electron chi connectivity index (χ2n) is 6.01. The highest BCUT2D eigenvalue weighted by Gasteiger charge is 2.21. The lowest BCUT2D eigenvalue weighted by Gasteiger charge is -2.15. The molecule has 2 rings (SSSR count). The molecule has 0 fully saturated rings. The van der Waals surface area contributed by atoms with Gasteiger partial charge < -0.3 is 20.1 Å². The monoisotopic (exact) mass is 472 g/mol. The number of benzene rings is 2. The Bertz CT molecular complexity index is 912. The van der Waals surface area contributed by atoms with Crippen LogP contribution in [-0.2, 0) is 14.3 Å². The zero-order valence-corrected chi connectivity index (χ0v) is 18.4. The molecule has 0 aromatic heterocycles. The summed E-state index contributed by atoms with van der Waals surface area (Å²) in [5.74, 6) is -1.27. The van der Waals surface area contributed by atoms with Gasteiger partial charge >= 0.3 is 5.97 Å². The molecule has 0 radical (unpaired) electrons. The molecule has 1 atom stereocenters. The third-order valence-corrected chi connectivity index (χ3v) is 4.57. The van der Waals surface area contributed by atoms with Crippen LogP contribution in [0.15, 0.2) is 36.4 Å². The number of ether oxygens (including phenoxy) is 2. The topological polar surface area (TPSA) is 93.7 Å². The molecule has 2 aromatic carbocycles. The van der Waals surface area contributed by atoms with E-state index in [2.05, 4.69) is 10.6 Å². The fourth-order valence-corrected chi connectivity index (χ4v) is 3.21. The van der Waals surface area contributed by atoms with E-state index in [0.717, 1.165) is 0 Å². The van der Waals surface area contributed by atoms with E-state index >= 15 is 0 Å². The van der Waals surface area contributed by atoms with Crippen molar-refractivity contribution in [3.63, 3.8) is 0 Å². The lowest BCUT2D eigenvalue weighted by atomic mass is 10.2. The molecule has 0 aliphatic heterocycles. The Balaban J connectivity index is 1.85. The van der Waals surface area contributed by atoms with Gasteiger partial charge in [-0.2, -0.15) is 0 Å². The Morgan fingerprint density at radius 3 is 2.20 bits per heavy atom. The predicted octanol–water partition coefficient (Wildman–Crippen LogP) is 4.35. The summed E-state index contributed by atoms with van der Waals surface area (Å²) in [5, 5.41) is 5.50. The van der Waals surface area contributed by atoms with Gasteiger partial charge in [-0.1, -0.05) is 34.8 Å². The summed E-state index contributed by atoms with van der Waals surface area (Å²) in [6, 6.07) is 9.27. The molecule has 1 unspecified atom stereocenters. The van der Waals surface area contributed by atoms with Gasteiger partial charge in [0.1, 0.15) is 12.3 Å². The average Bonchev–Trinajstić information content (AvgIpc) is 2.69. The van der Waals surface area contributed by atoms with Crippen molar-refractivity contribution in [2.75, 3.05) is 18.5 Å². The third kappa shape index (κ3) is 6.79. The molecule has 0 spiro atoms. The van der Waals surface area contributed by atoms with Crippen LogP contribution in [0.3, 0.4) is 0 Å². The highest BCUT2D eigenvalue weighted by atomic mass is 35.5. The largest absolute Gasteiger partial charge is 0.494 e. The molecular weight excluding hydrogens is 455 g/mol. The summed E-state index contributed by atoms with van der Waals surface area (Å²) in [4.78, 5) is 36.3. The highest BCUT2D eigenvalue weighted by molar-refractivity contribution is 6.42. The fraction of sp³-hybridized carbons (Fsp3) is 0.250. The Hall–Kier alpha value is -2.48. The highest BCUT2D eigenvalue weighted by Crippen LogP contribution is 2.33. The lowest BCUT2D eigenvalue weighted by Crippen LogP contribution is -2.35. The van der Waals surface area contributed by atoms with E-state index in [4.69, 9.17) is 44.3 Å². The smallest absolute Gasteiger partial charge is 0.326 e. The number of hydrogen-bond donors (Lipinski definition) is 2. The van der Waals surface area contributed by atoms with E-state index in [1.54, 1.807) is 24.3 Å². The first kappa shape index (κ1) is 23.8. The number of amides is 2. The van der Waals surface area contributed by atoms with E-state index in [-0.39, 0.29) is 15.7 Å². The number of hydrogen-bond acceptors (Lipinski definition) is 5. The van der Waals surface area contributed by atoms with Crippen molar-refractivity contribution in [1.29, 1.82) is 0 Å². The van der Waals surface area contributed by atoms with Gasteiger partial charge in [-0.25, -0.2) is 0 Å². The summed E-state index contributed by atoms with van der Waals surface area (Å²) >= 11 is 17.9. The van der Waals surface area contributed by atoms with Crippen LogP contribution in [0.1, 0.15) is 24.2 Å². The molecule has 2 N–H and O–H groups in total. The molecule has 0 bridgehead atoms. The number of anilines is 1. The van der Waals surface area contributed by atoms with Crippen molar-refractivity contribution in [1.82, 2.24) is 5.32 Å². The van der Waals surface area contributed by atoms with Gasteiger partial charge in [0.2, 0.25) is 0 Å². The minimum absolute atomic E-state index is 0.141. The second-order valence-corrected chi connectivity index (χ2v) is 7.26. The van der Waals surface area contributed by atoms with Gasteiger partial charge in [-0.15, -0.1) is 0 Å². The van der Waals surface area contributed by atoms with Crippen molar-refractivity contribution >= 4 is 58.3 Å². The molecule has 0 aliphatic rings. The third-order valence-electron chi connectivity index (χ3n) is 3.75. The van der Waals surface area contributed by atoms with Crippen LogP contribution >= 0.6 is 34.8 Å². The first-order chi connectivity index (χ1) is 14.2. The Kier molecular flexibility index (Phi) is 8.77. The van der Waals surface area contributed by atoms with Crippen LogP contribution in [0.5, 0.6) is 5.75 Å². The lowest BCUT2D eigenvalue weighted by molar-refractivity contribution is -0.152. The second kappa shape index (κ2) is 11.1. The maximum absolute atomic E-state index is 12.2. The standard InChI is InChI=1S/C20H19Cl3N2O5/c1-3-29-14-6-4-12(5-7-14)20(28)24-10-17(26)30-11(2)19(27)25-18-15(22)8-13(21)9-16(18)23/h4-9,11H,3,10H2,1-2H3,(H,24,28)(H,25,27). The van der Waals surface area contributed by atoms with Crippen LogP contribution < -0.4 is 15.4 Å². The number of esters is 1. The van der Waals surface area contributed by atoms with Crippen molar-refractivity contribution in [2.45, 2.75) is 20.0 Å². The van der Waals surface area contributed by atoms with Crippen LogP contribution in [-0.4, -0.2) is 37.0 Å². The molecule has 0 saturated heterocycles. The summed E-state index contributed by atoms with van der Waals surface area (Å²) in [5.41, 5.74) is 0.503. The number of halogens is 3. The predicted molar refractivity (Wildman–Crippen MR) is 116 cm³/mol. The summed E-state index contributed by atoms with van der Waals surface area (Å²) < 4.78 is 10.3. The molecule has 7 nitrogen and oxygen atoms in total. The van der Waals surface area contributed by atoms with Gasteiger partial charge in [-0.3, -0.25) is 14.4 Å². The molecule has 10 heteroatoms. The Labute approximate surface area is 188 Å². The summed E-state index contributed by atoms with van der Waals surface area (Å²) in [6.45, 7) is 3.33. The van der Waals surface area contributed by atoms with Crippen LogP contribution in [0.2, 0.25) is 15.1 Å². The number of carbonyl (C=O) groups is 3. The number of rotatable bonds is 8. The van der Waals surface area contributed by atoms with E-state index in [1.807, 2.05) is 6.92 Å². The van der Waals surface area contributed by atoms with E-state index < -0.39 is 30.4 Å². The van der Waals surface area contributed by atoms with Gasteiger partial charge in [0, 0.05) is 10.6 Å². The molecule has 2 aromatic rings. The quantitative estimate of drug-likeness (QED) is 0.556. The van der Waals surface area contributed by atoms with Crippen LogP contribution in [0, 0.1) is 0 Å². The van der Waals surface area contributed by atoms with Gasteiger partial charge in [0.15, 0.2) is 6.10 Å². The maximum Gasteiger partial charge on any atom is 0.326 e. The molecule has 0 aliphatic carbocycles. The van der Waals surface area contributed by atoms with Crippen molar-refractivity contribution < 1.29 is 23.9 Å². The number of nitrogens with one attached hydrogen (secondary N) is 2. The van der Waals surface area contributed by atoms with Gasteiger partial charge in [0.25, 0.3) is 11.8 Å². The van der Waals surface area contributed by atoms with E-state index in [0.29, 0.717) is 22.9 Å². The van der Waals surface area contributed by atoms with E-state index in [1.165, 1.54) is 19.1 Å². The molecule has 30 heavy (non-hydrogen) atoms. The minimum Gasteiger partial charge on any atom is -0.494 e. The molecular formula is C20H19Cl3N2O5. The summed E-state index contributed by atoms with van der Waals surface area (Å²) in [6.07, 6.45) is -1.15.